The summed E-state index contributed by atoms with van der Waals surface area (Å²) in [4.78, 5) is 50.1. The largest absolute Gasteiger partial charge is 0.381 e. The lowest BCUT2D eigenvalue weighted by Crippen LogP contribution is -2.59. The van der Waals surface area contributed by atoms with Crippen LogP contribution in [0.4, 0.5) is 26.6 Å². The Bertz CT molecular complexity index is 2190. The number of rotatable bonds is 6. The Morgan fingerprint density at radius 3 is 2.48 bits per heavy atom. The van der Waals surface area contributed by atoms with Crippen molar-refractivity contribution in [3.63, 3.8) is 0 Å². The molecule has 12 heteroatoms. The molecule has 2 saturated heterocycles. The normalized spacial score (nSPS) is 16.0. The molecular weight excluding hydrogens is 701 g/mol. The van der Waals surface area contributed by atoms with Gasteiger partial charge in [-0.2, -0.15) is 0 Å². The zero-order valence-electron chi connectivity index (χ0n) is 28.4. The van der Waals surface area contributed by atoms with Gasteiger partial charge in [-0.25, -0.2) is 9.37 Å². The maximum Gasteiger partial charge on any atom is 0.260 e. The molecule has 264 valence electrons. The second-order valence-corrected chi connectivity index (χ2v) is 15.1. The number of carbonyl (C=O) groups is 3. The molecule has 2 aromatic heterocycles. The highest BCUT2D eigenvalue weighted by molar-refractivity contribution is 7.19. The number of anilines is 4. The molecule has 0 atom stereocenters. The maximum atomic E-state index is 14.4. The van der Waals surface area contributed by atoms with Crippen molar-refractivity contribution in [1.82, 2.24) is 4.98 Å². The molecule has 0 bridgehead atoms. The number of ether oxygens (including phenoxy) is 1. The van der Waals surface area contributed by atoms with Crippen molar-refractivity contribution in [2.45, 2.75) is 26.2 Å². The summed E-state index contributed by atoms with van der Waals surface area (Å²) in [5.74, 6) is -1.06. The third kappa shape index (κ3) is 6.44. The van der Waals surface area contributed by atoms with Gasteiger partial charge in [0.2, 0.25) is 0 Å². The number of thiophene rings is 1. The van der Waals surface area contributed by atoms with Gasteiger partial charge in [0.15, 0.2) is 0 Å². The number of carbonyl (C=O) groups excluding carboxylic acids is 3. The molecule has 3 aromatic carbocycles. The van der Waals surface area contributed by atoms with E-state index in [1.165, 1.54) is 29.5 Å². The van der Waals surface area contributed by atoms with E-state index < -0.39 is 11.7 Å². The Balaban J connectivity index is 0.973. The van der Waals surface area contributed by atoms with Crippen molar-refractivity contribution >= 4 is 62.9 Å². The van der Waals surface area contributed by atoms with Gasteiger partial charge < -0.3 is 25.2 Å². The highest BCUT2D eigenvalue weighted by atomic mass is 35.5. The molecule has 0 unspecified atom stereocenters. The van der Waals surface area contributed by atoms with E-state index in [0.717, 1.165) is 66.4 Å². The Morgan fingerprint density at radius 2 is 1.71 bits per heavy atom. The number of hydrogen-bond acceptors (Lipinski definition) is 7. The molecule has 2 fully saturated rings. The summed E-state index contributed by atoms with van der Waals surface area (Å²) >= 11 is 7.49. The van der Waals surface area contributed by atoms with Gasteiger partial charge in [-0.3, -0.25) is 14.4 Å². The number of fused-ring (bicyclic) bond motifs is 3. The average molecular weight is 736 g/mol. The maximum absolute atomic E-state index is 14.4. The first-order valence-corrected chi connectivity index (χ1v) is 18.4. The highest BCUT2D eigenvalue weighted by Crippen LogP contribution is 2.44. The van der Waals surface area contributed by atoms with Crippen molar-refractivity contribution in [3.8, 4) is 10.4 Å². The lowest BCUT2D eigenvalue weighted by atomic mass is 9.73. The summed E-state index contributed by atoms with van der Waals surface area (Å²) < 4.78 is 20.0. The van der Waals surface area contributed by atoms with Gasteiger partial charge in [0, 0.05) is 66.2 Å². The van der Waals surface area contributed by atoms with Gasteiger partial charge in [0.25, 0.3) is 17.7 Å². The highest BCUT2D eigenvalue weighted by Gasteiger charge is 2.45. The monoisotopic (exact) mass is 735 g/mol. The predicted octanol–water partition coefficient (Wildman–Crippen LogP) is 8.24. The van der Waals surface area contributed by atoms with Crippen LogP contribution in [-0.4, -0.2) is 55.6 Å². The quantitative estimate of drug-likeness (QED) is 0.182. The molecule has 0 aliphatic carbocycles. The number of amides is 3. The number of halogens is 2. The van der Waals surface area contributed by atoms with E-state index in [1.807, 2.05) is 43.3 Å². The molecule has 8 rings (SSSR count). The lowest BCUT2D eigenvalue weighted by Gasteiger charge is -2.53. The lowest BCUT2D eigenvalue weighted by molar-refractivity contribution is -0.000511. The molecule has 5 aromatic rings. The molecule has 1 spiro atoms. The number of aromatic nitrogens is 1. The van der Waals surface area contributed by atoms with E-state index in [-0.39, 0.29) is 27.8 Å². The average Bonchev–Trinajstić information content (AvgIpc) is 3.46. The van der Waals surface area contributed by atoms with E-state index >= 15 is 0 Å². The number of para-hydroxylation sites is 1. The van der Waals surface area contributed by atoms with E-state index in [9.17, 15) is 18.8 Å². The van der Waals surface area contributed by atoms with Gasteiger partial charge in [0.1, 0.15) is 11.6 Å². The smallest absolute Gasteiger partial charge is 0.260 e. The third-order valence-electron chi connectivity index (χ3n) is 10.1. The van der Waals surface area contributed by atoms with Crippen molar-refractivity contribution in [2.75, 3.05) is 53.3 Å². The fraction of sp³-hybridized carbons (Fsp3) is 0.250. The first-order valence-electron chi connectivity index (χ1n) is 17.2. The molecule has 0 radical (unpaired) electrons. The number of pyridine rings is 1. The van der Waals surface area contributed by atoms with E-state index in [0.29, 0.717) is 40.6 Å². The van der Waals surface area contributed by atoms with Crippen LogP contribution >= 0.6 is 22.9 Å². The summed E-state index contributed by atoms with van der Waals surface area (Å²) in [6.07, 6.45) is 4.38. The number of aryl methyl sites for hydroxylation is 1. The fourth-order valence-corrected chi connectivity index (χ4v) is 8.71. The summed E-state index contributed by atoms with van der Waals surface area (Å²) in [5, 5.41) is 6.40. The molecule has 0 saturated carbocycles. The van der Waals surface area contributed by atoms with Gasteiger partial charge in [-0.05, 0) is 91.9 Å². The van der Waals surface area contributed by atoms with Crippen LogP contribution < -0.4 is 20.4 Å². The van der Waals surface area contributed by atoms with Crippen LogP contribution in [0.1, 0.15) is 55.0 Å². The Kier molecular flexibility index (Phi) is 9.02. The Labute approximate surface area is 309 Å². The topological polar surface area (TPSA) is 104 Å². The molecule has 2 N–H and O–H groups in total. The van der Waals surface area contributed by atoms with Crippen molar-refractivity contribution in [3.05, 3.63) is 124 Å². The van der Waals surface area contributed by atoms with E-state index in [2.05, 4.69) is 20.5 Å². The zero-order valence-corrected chi connectivity index (χ0v) is 30.0. The molecule has 3 aliphatic heterocycles. The minimum Gasteiger partial charge on any atom is -0.381 e. The molecule has 9 nitrogen and oxygen atoms in total. The molecular formula is C40H35ClFN5O4S. The minimum absolute atomic E-state index is 0.0362. The van der Waals surface area contributed by atoms with E-state index in [4.69, 9.17) is 16.3 Å². The number of hydrogen-bond donors (Lipinski definition) is 2. The Hall–Kier alpha value is -5.10. The molecule has 5 heterocycles. The van der Waals surface area contributed by atoms with Gasteiger partial charge in [0.05, 0.1) is 26.8 Å². The minimum atomic E-state index is -0.693. The van der Waals surface area contributed by atoms with Crippen LogP contribution in [0, 0.1) is 18.2 Å². The number of nitrogens with zero attached hydrogens (tertiary/aromatic N) is 3. The fourth-order valence-electron chi connectivity index (χ4n) is 7.32. The van der Waals surface area contributed by atoms with Crippen LogP contribution in [0.3, 0.4) is 0 Å². The predicted molar refractivity (Wildman–Crippen MR) is 203 cm³/mol. The Morgan fingerprint density at radius 1 is 0.942 bits per heavy atom. The van der Waals surface area contributed by atoms with Gasteiger partial charge >= 0.3 is 0 Å². The van der Waals surface area contributed by atoms with Crippen molar-refractivity contribution < 1.29 is 23.5 Å². The van der Waals surface area contributed by atoms with Crippen LogP contribution in [0.25, 0.3) is 10.4 Å². The zero-order chi connectivity index (χ0) is 36.0. The summed E-state index contributed by atoms with van der Waals surface area (Å²) in [6, 6.07) is 22.5. The standard InChI is InChI=1S/C40H35ClFN5O4S/c1-24-19-29(36(43-21-24)46-22-40(23-46)14-17-51-18-15-40)37(48)44-27-11-9-25(10-12-27)39(50)47-16-13-26-20-33(52-35(26)28-5-2-3-8-32(28)47)45-38(49)34-30(41)6-4-7-31(34)42/h2-12,19-21H,13-18,22-23H2,1H3,(H,44,48)(H,45,49). The van der Waals surface area contributed by atoms with Gasteiger partial charge in [-0.15, -0.1) is 11.3 Å². The first-order chi connectivity index (χ1) is 25.2. The van der Waals surface area contributed by atoms with E-state index in [1.54, 1.807) is 35.4 Å². The molecule has 3 aliphatic rings. The van der Waals surface area contributed by atoms with Crippen molar-refractivity contribution in [1.29, 1.82) is 0 Å². The summed E-state index contributed by atoms with van der Waals surface area (Å²) in [7, 11) is 0. The molecule has 3 amide bonds. The molecule has 52 heavy (non-hydrogen) atoms. The van der Waals surface area contributed by atoms with Crippen LogP contribution in [0.2, 0.25) is 5.02 Å². The number of nitrogens with one attached hydrogen (secondary N) is 2. The van der Waals surface area contributed by atoms with Crippen LogP contribution in [-0.2, 0) is 11.2 Å². The second-order valence-electron chi connectivity index (χ2n) is 13.6. The first kappa shape index (κ1) is 34.0. The third-order valence-corrected chi connectivity index (χ3v) is 11.5. The van der Waals surface area contributed by atoms with Crippen LogP contribution in [0.15, 0.2) is 85.1 Å². The van der Waals surface area contributed by atoms with Crippen molar-refractivity contribution in [2.24, 2.45) is 5.41 Å². The van der Waals surface area contributed by atoms with Crippen LogP contribution in [0.5, 0.6) is 0 Å². The summed E-state index contributed by atoms with van der Waals surface area (Å²) in [6.45, 7) is 5.60. The summed E-state index contributed by atoms with van der Waals surface area (Å²) in [5.41, 5.74) is 5.07. The second kappa shape index (κ2) is 13.8. The van der Waals surface area contributed by atoms with Gasteiger partial charge in [-0.1, -0.05) is 35.9 Å². The number of benzene rings is 3. The SMILES string of the molecule is Cc1cnc(N2CC3(CCOCC3)C2)c(C(=O)Nc2ccc(C(=O)N3CCc4cc(NC(=O)c5c(F)cccc5Cl)sc4-c4ccccc43)cc2)c1.